The van der Waals surface area contributed by atoms with Crippen LogP contribution in [0.2, 0.25) is 0 Å². The molecule has 3 aromatic carbocycles. The van der Waals surface area contributed by atoms with Crippen molar-refractivity contribution in [2.24, 2.45) is 0 Å². The Morgan fingerprint density at radius 1 is 0.737 bits per heavy atom. The van der Waals surface area contributed by atoms with Crippen LogP contribution >= 0.6 is 11.8 Å². The summed E-state index contributed by atoms with van der Waals surface area (Å²) >= 11 is 1.40. The van der Waals surface area contributed by atoms with Gasteiger partial charge in [-0.05, 0) is 47.8 Å². The summed E-state index contributed by atoms with van der Waals surface area (Å²) in [5, 5.41) is 10.4. The molecule has 0 aliphatic carbocycles. The summed E-state index contributed by atoms with van der Waals surface area (Å²) in [5.74, 6) is 1.38. The molecule has 0 aromatic heterocycles. The molecule has 57 heavy (non-hydrogen) atoms. The van der Waals surface area contributed by atoms with Crippen molar-refractivity contribution in [3.05, 3.63) is 101 Å². The molecule has 2 unspecified atom stereocenters. The number of thioether (sulfide) groups is 1. The fraction of sp³-hybridized carbons (Fsp3) is 0.317. The standard InChI is InChI=1S/C41H42N6O9S/c1-57-22-21-31(41(55)56-47-38(52)19-20-39(47)53)45-40(54)32(23-27-9-3-2-4-10-27)44-36(50)25-43-35(49)24-42-34(48)17-18-37(51)46-26-30-13-6-5-11-28(30)15-16-29-12-7-8-14-33(29)46/h2-14,31-32H,17-26H2,1H3,(H,42,48)(H,43,49)(H,44,50)(H,45,54). The summed E-state index contributed by atoms with van der Waals surface area (Å²) in [6.07, 6.45) is 1.43. The number of hydrogen-bond acceptors (Lipinski definition) is 10. The number of amides is 7. The highest BCUT2D eigenvalue weighted by Crippen LogP contribution is 2.26. The molecule has 5 rings (SSSR count). The van der Waals surface area contributed by atoms with Crippen molar-refractivity contribution in [3.63, 3.8) is 0 Å². The number of hydroxylamine groups is 2. The van der Waals surface area contributed by atoms with Gasteiger partial charge < -0.3 is 31.0 Å². The average molecular weight is 795 g/mol. The molecular formula is C41H42N6O9S. The fourth-order valence-corrected chi connectivity index (χ4v) is 6.42. The maximum atomic E-state index is 13.5. The monoisotopic (exact) mass is 794 g/mol. The van der Waals surface area contributed by atoms with E-state index in [1.807, 2.05) is 42.5 Å². The Hall–Kier alpha value is -6.47. The van der Waals surface area contributed by atoms with Gasteiger partial charge in [0, 0.05) is 43.2 Å². The Labute approximate surface area is 333 Å². The number of rotatable bonds is 17. The number of nitrogens with one attached hydrogen (secondary N) is 4. The van der Waals surface area contributed by atoms with Crippen molar-refractivity contribution < 1.29 is 43.2 Å². The Bertz CT molecular complexity index is 2070. The molecule has 2 heterocycles. The SMILES string of the molecule is CSCCC(NC(=O)C(Cc1ccccc1)NC(=O)CNC(=O)CNC(=O)CCC(=O)N1Cc2ccccc2C#Cc2ccccc21)C(=O)ON1C(=O)CCC1=O. The predicted molar refractivity (Wildman–Crippen MR) is 209 cm³/mol. The second-order valence-electron chi connectivity index (χ2n) is 13.1. The van der Waals surface area contributed by atoms with Crippen molar-refractivity contribution in [1.82, 2.24) is 26.3 Å². The normalized spacial score (nSPS) is 14.0. The molecule has 1 fully saturated rings. The first kappa shape index (κ1) is 41.7. The van der Waals surface area contributed by atoms with Gasteiger partial charge in [-0.1, -0.05) is 72.5 Å². The van der Waals surface area contributed by atoms with Crippen LogP contribution in [0.3, 0.4) is 0 Å². The van der Waals surface area contributed by atoms with Gasteiger partial charge in [0.25, 0.3) is 11.8 Å². The molecule has 0 spiro atoms. The Morgan fingerprint density at radius 2 is 1.37 bits per heavy atom. The highest BCUT2D eigenvalue weighted by molar-refractivity contribution is 7.98. The van der Waals surface area contributed by atoms with E-state index in [9.17, 15) is 38.4 Å². The number of benzene rings is 3. The van der Waals surface area contributed by atoms with Gasteiger partial charge >= 0.3 is 5.97 Å². The number of carbonyl (C=O) groups excluding carboxylic acids is 8. The number of para-hydroxylation sites is 1. The number of hydrogen-bond donors (Lipinski definition) is 4. The third-order valence-corrected chi connectivity index (χ3v) is 9.61. The van der Waals surface area contributed by atoms with Gasteiger partial charge in [-0.3, -0.25) is 33.6 Å². The van der Waals surface area contributed by atoms with Crippen LogP contribution in [0.4, 0.5) is 5.69 Å². The van der Waals surface area contributed by atoms with Crippen molar-refractivity contribution in [2.45, 2.75) is 57.2 Å². The maximum absolute atomic E-state index is 13.5. The van der Waals surface area contributed by atoms with E-state index in [2.05, 4.69) is 33.1 Å². The van der Waals surface area contributed by atoms with Gasteiger partial charge in [0.2, 0.25) is 29.5 Å². The average Bonchev–Trinajstić information content (AvgIpc) is 3.52. The van der Waals surface area contributed by atoms with E-state index in [0.29, 0.717) is 27.6 Å². The summed E-state index contributed by atoms with van der Waals surface area (Å²) in [5.41, 5.74) is 3.69. The number of anilines is 1. The zero-order valence-corrected chi connectivity index (χ0v) is 32.0. The summed E-state index contributed by atoms with van der Waals surface area (Å²) < 4.78 is 0. The first-order chi connectivity index (χ1) is 27.5. The zero-order valence-electron chi connectivity index (χ0n) is 31.2. The molecule has 296 valence electrons. The van der Waals surface area contributed by atoms with Crippen molar-refractivity contribution in [3.8, 4) is 11.8 Å². The van der Waals surface area contributed by atoms with E-state index in [-0.39, 0.29) is 51.0 Å². The quantitative estimate of drug-likeness (QED) is 0.115. The smallest absolute Gasteiger partial charge is 0.347 e. The molecule has 0 radical (unpaired) electrons. The van der Waals surface area contributed by atoms with E-state index in [1.54, 1.807) is 47.6 Å². The number of imide groups is 1. The van der Waals surface area contributed by atoms with Crippen LogP contribution in [0.5, 0.6) is 0 Å². The van der Waals surface area contributed by atoms with Gasteiger partial charge in [0.05, 0.1) is 25.3 Å². The van der Waals surface area contributed by atoms with Crippen LogP contribution in [0.15, 0.2) is 78.9 Å². The van der Waals surface area contributed by atoms with E-state index in [0.717, 1.165) is 11.1 Å². The predicted octanol–water partition coefficient (Wildman–Crippen LogP) is 1.52. The second kappa shape index (κ2) is 20.4. The Kier molecular flexibility index (Phi) is 15.0. The zero-order chi connectivity index (χ0) is 40.7. The fourth-order valence-electron chi connectivity index (χ4n) is 5.94. The lowest BCUT2D eigenvalue weighted by atomic mass is 10.0. The molecule has 16 heteroatoms. The molecule has 2 atom stereocenters. The Morgan fingerprint density at radius 3 is 2.11 bits per heavy atom. The summed E-state index contributed by atoms with van der Waals surface area (Å²) in [6, 6.07) is 21.2. The van der Waals surface area contributed by atoms with Crippen LogP contribution in [0.1, 0.15) is 54.4 Å². The number of fused-ring (bicyclic) bond motifs is 2. The van der Waals surface area contributed by atoms with Crippen LogP contribution in [-0.4, -0.2) is 89.6 Å². The minimum absolute atomic E-state index is 0.0253. The lowest BCUT2D eigenvalue weighted by Crippen LogP contribution is -2.55. The third kappa shape index (κ3) is 12.0. The van der Waals surface area contributed by atoms with Gasteiger partial charge in [0.1, 0.15) is 12.1 Å². The summed E-state index contributed by atoms with van der Waals surface area (Å²) in [7, 11) is 0. The van der Waals surface area contributed by atoms with Crippen LogP contribution < -0.4 is 26.2 Å². The summed E-state index contributed by atoms with van der Waals surface area (Å²) in [4.78, 5) is 109. The molecule has 3 aromatic rings. The number of nitrogens with zero attached hydrogens (tertiary/aromatic N) is 2. The van der Waals surface area contributed by atoms with Crippen LogP contribution in [0, 0.1) is 11.8 Å². The highest BCUT2D eigenvalue weighted by atomic mass is 32.2. The first-order valence-corrected chi connectivity index (χ1v) is 19.6. The topological polar surface area (TPSA) is 200 Å². The van der Waals surface area contributed by atoms with Crippen molar-refractivity contribution >= 4 is 64.8 Å². The molecule has 0 bridgehead atoms. The molecule has 2 aliphatic heterocycles. The molecule has 7 amide bonds. The van der Waals surface area contributed by atoms with Crippen LogP contribution in [0.25, 0.3) is 0 Å². The van der Waals surface area contributed by atoms with Gasteiger partial charge in [-0.25, -0.2) is 4.79 Å². The molecular weight excluding hydrogens is 753 g/mol. The van der Waals surface area contributed by atoms with E-state index in [1.165, 1.54) is 11.8 Å². The first-order valence-electron chi connectivity index (χ1n) is 18.2. The van der Waals surface area contributed by atoms with Crippen molar-refractivity contribution in [2.75, 3.05) is 30.0 Å². The van der Waals surface area contributed by atoms with Crippen LogP contribution in [-0.2, 0) is 56.2 Å². The molecule has 4 N–H and O–H groups in total. The summed E-state index contributed by atoms with van der Waals surface area (Å²) in [6.45, 7) is -0.735. The highest BCUT2D eigenvalue weighted by Gasteiger charge is 2.36. The maximum Gasteiger partial charge on any atom is 0.355 e. The van der Waals surface area contributed by atoms with Gasteiger partial charge in [-0.2, -0.15) is 11.8 Å². The molecule has 0 saturated carbocycles. The van der Waals surface area contributed by atoms with Gasteiger partial charge in [0.15, 0.2) is 0 Å². The Balaban J connectivity index is 1.11. The lowest BCUT2D eigenvalue weighted by molar-refractivity contribution is -0.199. The van der Waals surface area contributed by atoms with E-state index < -0.39 is 66.6 Å². The molecule has 1 saturated heterocycles. The van der Waals surface area contributed by atoms with E-state index >= 15 is 0 Å². The lowest BCUT2D eigenvalue weighted by Gasteiger charge is -2.26. The molecule has 15 nitrogen and oxygen atoms in total. The third-order valence-electron chi connectivity index (χ3n) is 8.96. The minimum Gasteiger partial charge on any atom is -0.347 e. The second-order valence-corrected chi connectivity index (χ2v) is 14.1. The number of carbonyl (C=O) groups is 8. The largest absolute Gasteiger partial charge is 0.355 e. The molecule has 2 aliphatic rings. The van der Waals surface area contributed by atoms with Crippen molar-refractivity contribution in [1.29, 1.82) is 0 Å². The van der Waals surface area contributed by atoms with Gasteiger partial charge in [-0.15, -0.1) is 5.06 Å². The van der Waals surface area contributed by atoms with E-state index in [4.69, 9.17) is 4.84 Å². The minimum atomic E-state index is -1.24.